The summed E-state index contributed by atoms with van der Waals surface area (Å²) in [6.07, 6.45) is 0.366. The highest BCUT2D eigenvalue weighted by atomic mass is 35.5. The Labute approximate surface area is 132 Å². The van der Waals surface area contributed by atoms with Gasteiger partial charge in [0.15, 0.2) is 5.78 Å². The predicted molar refractivity (Wildman–Crippen MR) is 82.6 cm³/mol. The van der Waals surface area contributed by atoms with Crippen molar-refractivity contribution in [2.24, 2.45) is 0 Å². The van der Waals surface area contributed by atoms with E-state index in [1.807, 2.05) is 0 Å². The summed E-state index contributed by atoms with van der Waals surface area (Å²) in [5.41, 5.74) is 0.436. The minimum Gasteiger partial charge on any atom is -0.455 e. The molecule has 2 aromatic carbocycles. The lowest BCUT2D eigenvalue weighted by molar-refractivity contribution is 0.0986. The van der Waals surface area contributed by atoms with Gasteiger partial charge in [-0.3, -0.25) is 4.79 Å². The fraction of sp³-hybridized carbons (Fsp3) is 0.133. The minimum atomic E-state index is -0.0485. The molecule has 2 rings (SSSR count). The molecule has 2 aromatic rings. The largest absolute Gasteiger partial charge is 0.455 e. The molecular weight excluding hydrogens is 319 g/mol. The molecule has 0 atom stereocenters. The topological polar surface area (TPSA) is 26.3 Å². The summed E-state index contributed by atoms with van der Waals surface area (Å²) in [4.78, 5) is 11.9. The summed E-state index contributed by atoms with van der Waals surface area (Å²) in [6, 6.07) is 9.80. The zero-order valence-corrected chi connectivity index (χ0v) is 12.9. The molecule has 0 N–H and O–H groups in total. The Morgan fingerprint density at radius 2 is 1.60 bits per heavy atom. The van der Waals surface area contributed by atoms with Crippen LogP contribution in [-0.4, -0.2) is 5.78 Å². The molecule has 0 bridgehead atoms. The molecule has 0 aromatic heterocycles. The van der Waals surface area contributed by atoms with Gasteiger partial charge in [0.05, 0.1) is 10.6 Å². The number of ether oxygens (including phenoxy) is 1. The molecule has 0 heterocycles. The van der Waals surface area contributed by atoms with Crippen molar-refractivity contribution in [2.75, 3.05) is 0 Å². The van der Waals surface area contributed by atoms with Crippen LogP contribution in [0.5, 0.6) is 11.5 Å². The number of halogens is 3. The third kappa shape index (κ3) is 3.45. The number of ketones is 1. The highest BCUT2D eigenvalue weighted by Crippen LogP contribution is 2.34. The number of carbonyl (C=O) groups excluding carboxylic acids is 1. The maximum absolute atomic E-state index is 11.9. The van der Waals surface area contributed by atoms with Crippen LogP contribution in [0.15, 0.2) is 36.4 Å². The van der Waals surface area contributed by atoms with Gasteiger partial charge in [0.2, 0.25) is 0 Å². The SMILES string of the molecule is CCC(=O)c1cc(Cl)ccc1Oc1ccc(Cl)cc1Cl. The normalized spacial score (nSPS) is 10.4. The summed E-state index contributed by atoms with van der Waals surface area (Å²) in [6.45, 7) is 1.78. The van der Waals surface area contributed by atoms with E-state index < -0.39 is 0 Å². The third-order valence-electron chi connectivity index (χ3n) is 2.68. The maximum atomic E-state index is 11.9. The van der Waals surface area contributed by atoms with Crippen LogP contribution in [0.4, 0.5) is 0 Å². The van der Waals surface area contributed by atoms with Crippen LogP contribution in [0.2, 0.25) is 15.1 Å². The lowest BCUT2D eigenvalue weighted by Crippen LogP contribution is -2.00. The lowest BCUT2D eigenvalue weighted by Gasteiger charge is -2.11. The Bertz CT molecular complexity index is 654. The van der Waals surface area contributed by atoms with Crippen molar-refractivity contribution in [3.63, 3.8) is 0 Å². The Morgan fingerprint density at radius 1 is 1.00 bits per heavy atom. The molecule has 5 heteroatoms. The molecule has 0 fully saturated rings. The van der Waals surface area contributed by atoms with E-state index in [0.717, 1.165) is 0 Å². The zero-order valence-electron chi connectivity index (χ0n) is 10.6. The van der Waals surface area contributed by atoms with Gasteiger partial charge in [-0.2, -0.15) is 0 Å². The van der Waals surface area contributed by atoms with Crippen LogP contribution in [0, 0.1) is 0 Å². The van der Waals surface area contributed by atoms with Crippen LogP contribution >= 0.6 is 34.8 Å². The van der Waals surface area contributed by atoms with Crippen molar-refractivity contribution in [3.05, 3.63) is 57.0 Å². The molecule has 0 saturated carbocycles. The van der Waals surface area contributed by atoms with E-state index in [2.05, 4.69) is 0 Å². The summed E-state index contributed by atoms with van der Waals surface area (Å²) in [5, 5.41) is 1.38. The molecule has 0 unspecified atom stereocenters. The van der Waals surface area contributed by atoms with E-state index >= 15 is 0 Å². The van der Waals surface area contributed by atoms with Gasteiger partial charge in [-0.1, -0.05) is 41.7 Å². The molecule has 0 aliphatic heterocycles. The van der Waals surface area contributed by atoms with Gasteiger partial charge < -0.3 is 4.74 Å². The summed E-state index contributed by atoms with van der Waals surface area (Å²) >= 11 is 17.8. The first-order valence-electron chi connectivity index (χ1n) is 5.97. The van der Waals surface area contributed by atoms with E-state index in [-0.39, 0.29) is 5.78 Å². The van der Waals surface area contributed by atoms with Crippen molar-refractivity contribution in [1.29, 1.82) is 0 Å². The number of hydrogen-bond donors (Lipinski definition) is 0. The average molecular weight is 330 g/mol. The van der Waals surface area contributed by atoms with Crippen molar-refractivity contribution in [1.82, 2.24) is 0 Å². The predicted octanol–water partition coefficient (Wildman–Crippen LogP) is 6.03. The molecule has 0 aliphatic carbocycles. The van der Waals surface area contributed by atoms with Crippen molar-refractivity contribution < 1.29 is 9.53 Å². The third-order valence-corrected chi connectivity index (χ3v) is 3.44. The second-order valence-electron chi connectivity index (χ2n) is 4.09. The van der Waals surface area contributed by atoms with Gasteiger partial charge in [0.1, 0.15) is 11.5 Å². The van der Waals surface area contributed by atoms with Gasteiger partial charge in [0.25, 0.3) is 0 Å². The first-order valence-corrected chi connectivity index (χ1v) is 7.10. The van der Waals surface area contributed by atoms with E-state index in [1.54, 1.807) is 43.3 Å². The molecule has 0 saturated heterocycles. The molecule has 0 radical (unpaired) electrons. The van der Waals surface area contributed by atoms with Gasteiger partial charge in [-0.05, 0) is 36.4 Å². The highest BCUT2D eigenvalue weighted by molar-refractivity contribution is 6.35. The van der Waals surface area contributed by atoms with Crippen molar-refractivity contribution in [2.45, 2.75) is 13.3 Å². The lowest BCUT2D eigenvalue weighted by atomic mass is 10.1. The van der Waals surface area contributed by atoms with Gasteiger partial charge in [-0.25, -0.2) is 0 Å². The van der Waals surface area contributed by atoms with Gasteiger partial charge in [-0.15, -0.1) is 0 Å². The average Bonchev–Trinajstić information content (AvgIpc) is 2.42. The van der Waals surface area contributed by atoms with Crippen LogP contribution in [0.1, 0.15) is 23.7 Å². The second-order valence-corrected chi connectivity index (χ2v) is 5.37. The molecule has 0 spiro atoms. The number of hydrogen-bond acceptors (Lipinski definition) is 2. The summed E-state index contributed by atoms with van der Waals surface area (Å²) in [7, 11) is 0. The fourth-order valence-electron chi connectivity index (χ4n) is 1.68. The maximum Gasteiger partial charge on any atom is 0.166 e. The molecule has 2 nitrogen and oxygen atoms in total. The van der Waals surface area contributed by atoms with Gasteiger partial charge in [0, 0.05) is 16.5 Å². The van der Waals surface area contributed by atoms with Crippen LogP contribution in [-0.2, 0) is 0 Å². The number of benzene rings is 2. The minimum absolute atomic E-state index is 0.0485. The summed E-state index contributed by atoms with van der Waals surface area (Å²) < 4.78 is 5.70. The summed E-state index contributed by atoms with van der Waals surface area (Å²) in [5.74, 6) is 0.807. The molecule has 104 valence electrons. The smallest absolute Gasteiger partial charge is 0.166 e. The van der Waals surface area contributed by atoms with Crippen LogP contribution in [0.3, 0.4) is 0 Å². The van der Waals surface area contributed by atoms with Crippen LogP contribution < -0.4 is 4.74 Å². The van der Waals surface area contributed by atoms with Crippen molar-refractivity contribution >= 4 is 40.6 Å². The van der Waals surface area contributed by atoms with E-state index in [1.165, 1.54) is 0 Å². The van der Waals surface area contributed by atoms with E-state index in [4.69, 9.17) is 39.5 Å². The molecule has 0 aliphatic rings. The quantitative estimate of drug-likeness (QED) is 0.640. The number of Topliss-reactive ketones (excluding diaryl/α,β-unsaturated/α-hetero) is 1. The standard InChI is InChI=1S/C15H11Cl3O2/c1-2-13(19)11-7-9(16)3-5-14(11)20-15-6-4-10(17)8-12(15)18/h3-8H,2H2,1H3. The first-order chi connectivity index (χ1) is 9.51. The Hall–Kier alpha value is -1.22. The monoisotopic (exact) mass is 328 g/mol. The zero-order chi connectivity index (χ0) is 14.7. The molecular formula is C15H11Cl3O2. The fourth-order valence-corrected chi connectivity index (χ4v) is 2.30. The van der Waals surface area contributed by atoms with Crippen molar-refractivity contribution in [3.8, 4) is 11.5 Å². The number of rotatable bonds is 4. The highest BCUT2D eigenvalue weighted by Gasteiger charge is 2.13. The Balaban J connectivity index is 2.40. The van der Waals surface area contributed by atoms with E-state index in [0.29, 0.717) is 38.6 Å². The first kappa shape index (κ1) is 15.2. The molecule has 0 amide bonds. The Kier molecular flexibility index (Phi) is 4.92. The second kappa shape index (κ2) is 6.49. The number of carbonyl (C=O) groups is 1. The van der Waals surface area contributed by atoms with Gasteiger partial charge >= 0.3 is 0 Å². The van der Waals surface area contributed by atoms with E-state index in [9.17, 15) is 4.79 Å². The Morgan fingerprint density at radius 3 is 2.20 bits per heavy atom. The van der Waals surface area contributed by atoms with Crippen LogP contribution in [0.25, 0.3) is 0 Å². The molecule has 20 heavy (non-hydrogen) atoms.